The van der Waals surface area contributed by atoms with Gasteiger partial charge in [-0.15, -0.1) is 0 Å². The molecule has 1 aromatic carbocycles. The van der Waals surface area contributed by atoms with Crippen LogP contribution >= 0.6 is 0 Å². The minimum absolute atomic E-state index is 0.187. The van der Waals surface area contributed by atoms with E-state index in [0.29, 0.717) is 11.6 Å². The van der Waals surface area contributed by atoms with Crippen LogP contribution in [0.5, 0.6) is 0 Å². The number of halogens is 1. The SMILES string of the molecule is Fc1cccc2c(CNC3CCCC3)c3c(nc12)CCCC3. The maximum absolute atomic E-state index is 14.2. The second kappa shape index (κ2) is 5.96. The molecule has 4 rings (SSSR count). The molecule has 2 nitrogen and oxygen atoms in total. The quantitative estimate of drug-likeness (QED) is 0.914. The fraction of sp³-hybridized carbons (Fsp3) is 0.526. The summed E-state index contributed by atoms with van der Waals surface area (Å²) in [4.78, 5) is 4.65. The number of pyridine rings is 1. The Bertz CT molecular complexity index is 689. The van der Waals surface area contributed by atoms with Crippen LogP contribution in [-0.4, -0.2) is 11.0 Å². The first kappa shape index (κ1) is 14.1. The summed E-state index contributed by atoms with van der Waals surface area (Å²) in [6.45, 7) is 0.857. The van der Waals surface area contributed by atoms with Gasteiger partial charge in [0.25, 0.3) is 0 Å². The maximum Gasteiger partial charge on any atom is 0.149 e. The minimum Gasteiger partial charge on any atom is -0.310 e. The third-order valence-electron chi connectivity index (χ3n) is 5.28. The van der Waals surface area contributed by atoms with Crippen LogP contribution in [0.3, 0.4) is 0 Å². The third kappa shape index (κ3) is 2.52. The Morgan fingerprint density at radius 2 is 1.91 bits per heavy atom. The Labute approximate surface area is 131 Å². The standard InChI is InChI=1S/C19H23FN2/c20-17-10-5-9-15-16(12-21-13-6-1-2-7-13)14-8-3-4-11-18(14)22-19(15)17/h5,9-10,13,21H,1-4,6-8,11-12H2. The monoisotopic (exact) mass is 298 g/mol. The summed E-state index contributed by atoms with van der Waals surface area (Å²) in [6, 6.07) is 6.01. The van der Waals surface area contributed by atoms with Crippen LogP contribution in [0.25, 0.3) is 10.9 Å². The Morgan fingerprint density at radius 1 is 1.09 bits per heavy atom. The predicted octanol–water partition coefficient (Wildman–Crippen LogP) is 4.28. The summed E-state index contributed by atoms with van der Waals surface area (Å²) in [5, 5.41) is 4.72. The van der Waals surface area contributed by atoms with Gasteiger partial charge in [-0.3, -0.25) is 0 Å². The van der Waals surface area contributed by atoms with Gasteiger partial charge in [0.2, 0.25) is 0 Å². The largest absolute Gasteiger partial charge is 0.310 e. The third-order valence-corrected chi connectivity index (χ3v) is 5.28. The number of para-hydroxylation sites is 1. The highest BCUT2D eigenvalue weighted by Gasteiger charge is 2.21. The molecule has 0 atom stereocenters. The molecule has 2 aromatic rings. The molecule has 0 unspecified atom stereocenters. The van der Waals surface area contributed by atoms with Gasteiger partial charge in [-0.2, -0.15) is 0 Å². The van der Waals surface area contributed by atoms with Gasteiger partial charge < -0.3 is 5.32 Å². The number of hydrogen-bond acceptors (Lipinski definition) is 2. The molecule has 0 amide bonds. The van der Waals surface area contributed by atoms with E-state index in [1.54, 1.807) is 0 Å². The zero-order valence-electron chi connectivity index (χ0n) is 13.0. The minimum atomic E-state index is -0.187. The van der Waals surface area contributed by atoms with Gasteiger partial charge in [-0.05, 0) is 55.7 Å². The van der Waals surface area contributed by atoms with Gasteiger partial charge >= 0.3 is 0 Å². The average Bonchev–Trinajstić information content (AvgIpc) is 3.06. The van der Waals surface area contributed by atoms with E-state index in [2.05, 4.69) is 10.3 Å². The first-order valence-corrected chi connectivity index (χ1v) is 8.65. The van der Waals surface area contributed by atoms with Crippen molar-refractivity contribution < 1.29 is 4.39 Å². The van der Waals surface area contributed by atoms with Gasteiger partial charge in [0, 0.05) is 23.7 Å². The molecule has 116 valence electrons. The van der Waals surface area contributed by atoms with Crippen molar-refractivity contribution in [1.82, 2.24) is 10.3 Å². The lowest BCUT2D eigenvalue weighted by Crippen LogP contribution is -2.26. The van der Waals surface area contributed by atoms with Crippen molar-refractivity contribution in [3.05, 3.63) is 40.8 Å². The summed E-state index contributed by atoms with van der Waals surface area (Å²) in [7, 11) is 0. The molecular formula is C19H23FN2. The molecule has 2 aliphatic carbocycles. The number of nitrogens with one attached hydrogen (secondary N) is 1. The molecule has 0 saturated heterocycles. The van der Waals surface area contributed by atoms with Crippen molar-refractivity contribution in [3.63, 3.8) is 0 Å². The Hall–Kier alpha value is -1.48. The zero-order valence-corrected chi connectivity index (χ0v) is 13.0. The van der Waals surface area contributed by atoms with E-state index in [-0.39, 0.29) is 5.82 Å². The van der Waals surface area contributed by atoms with E-state index in [9.17, 15) is 4.39 Å². The fourth-order valence-corrected chi connectivity index (χ4v) is 4.09. The number of rotatable bonds is 3. The number of aromatic nitrogens is 1. The van der Waals surface area contributed by atoms with Crippen molar-refractivity contribution in [1.29, 1.82) is 0 Å². The summed E-state index contributed by atoms with van der Waals surface area (Å²) in [5.41, 5.74) is 4.37. The van der Waals surface area contributed by atoms with Gasteiger partial charge in [-0.1, -0.05) is 25.0 Å². The Kier molecular flexibility index (Phi) is 3.83. The molecule has 1 N–H and O–H groups in total. The first-order valence-electron chi connectivity index (χ1n) is 8.65. The van der Waals surface area contributed by atoms with Crippen LogP contribution in [0, 0.1) is 5.82 Å². The summed E-state index contributed by atoms with van der Waals surface area (Å²) < 4.78 is 14.2. The highest BCUT2D eigenvalue weighted by molar-refractivity contribution is 5.84. The maximum atomic E-state index is 14.2. The van der Waals surface area contributed by atoms with Gasteiger partial charge in [-0.25, -0.2) is 9.37 Å². The van der Waals surface area contributed by atoms with Crippen LogP contribution in [0.15, 0.2) is 18.2 Å². The second-order valence-electron chi connectivity index (χ2n) is 6.72. The van der Waals surface area contributed by atoms with Crippen LogP contribution in [0.1, 0.15) is 55.3 Å². The van der Waals surface area contributed by atoms with Gasteiger partial charge in [0.15, 0.2) is 0 Å². The fourth-order valence-electron chi connectivity index (χ4n) is 4.09. The summed E-state index contributed by atoms with van der Waals surface area (Å²) in [6.07, 6.45) is 9.72. The molecule has 0 bridgehead atoms. The van der Waals surface area contributed by atoms with Crippen molar-refractivity contribution in [2.24, 2.45) is 0 Å². The number of aryl methyl sites for hydroxylation is 1. The van der Waals surface area contributed by atoms with Crippen molar-refractivity contribution in [3.8, 4) is 0 Å². The lowest BCUT2D eigenvalue weighted by atomic mass is 9.89. The van der Waals surface area contributed by atoms with Gasteiger partial charge in [0.1, 0.15) is 11.3 Å². The molecule has 3 heteroatoms. The number of hydrogen-bond donors (Lipinski definition) is 1. The van der Waals surface area contributed by atoms with Crippen LogP contribution in [0.4, 0.5) is 4.39 Å². The highest BCUT2D eigenvalue weighted by Crippen LogP contribution is 2.30. The summed E-state index contributed by atoms with van der Waals surface area (Å²) in [5.74, 6) is -0.187. The first-order chi connectivity index (χ1) is 10.8. The topological polar surface area (TPSA) is 24.9 Å². The average molecular weight is 298 g/mol. The van der Waals surface area contributed by atoms with E-state index in [0.717, 1.165) is 30.5 Å². The molecule has 1 heterocycles. The number of fused-ring (bicyclic) bond motifs is 2. The van der Waals surface area contributed by atoms with Crippen molar-refractivity contribution in [2.75, 3.05) is 0 Å². The Morgan fingerprint density at radius 3 is 2.77 bits per heavy atom. The normalized spacial score (nSPS) is 18.8. The highest BCUT2D eigenvalue weighted by atomic mass is 19.1. The smallest absolute Gasteiger partial charge is 0.149 e. The molecule has 0 spiro atoms. The van der Waals surface area contributed by atoms with E-state index in [4.69, 9.17) is 0 Å². The zero-order chi connectivity index (χ0) is 14.9. The molecule has 1 aromatic heterocycles. The van der Waals surface area contributed by atoms with E-state index in [1.807, 2.05) is 12.1 Å². The molecular weight excluding hydrogens is 275 g/mol. The van der Waals surface area contributed by atoms with Gasteiger partial charge in [0.05, 0.1) is 0 Å². The van der Waals surface area contributed by atoms with E-state index < -0.39 is 0 Å². The molecule has 0 radical (unpaired) electrons. The number of nitrogens with zero attached hydrogens (tertiary/aromatic N) is 1. The van der Waals surface area contributed by atoms with Crippen LogP contribution in [0.2, 0.25) is 0 Å². The lowest BCUT2D eigenvalue weighted by Gasteiger charge is -2.22. The molecule has 2 aliphatic rings. The van der Waals surface area contributed by atoms with Crippen LogP contribution in [-0.2, 0) is 19.4 Å². The van der Waals surface area contributed by atoms with Crippen molar-refractivity contribution >= 4 is 10.9 Å². The van der Waals surface area contributed by atoms with Crippen LogP contribution < -0.4 is 5.32 Å². The molecule has 22 heavy (non-hydrogen) atoms. The second-order valence-corrected chi connectivity index (χ2v) is 6.72. The lowest BCUT2D eigenvalue weighted by molar-refractivity contribution is 0.521. The molecule has 1 fully saturated rings. The summed E-state index contributed by atoms with van der Waals surface area (Å²) >= 11 is 0. The molecule has 1 saturated carbocycles. The predicted molar refractivity (Wildman–Crippen MR) is 87.4 cm³/mol. The number of benzene rings is 1. The Balaban J connectivity index is 1.77. The van der Waals surface area contributed by atoms with E-state index in [1.165, 1.54) is 55.7 Å². The van der Waals surface area contributed by atoms with Crippen molar-refractivity contribution in [2.45, 2.75) is 64.0 Å². The molecule has 0 aliphatic heterocycles. The van der Waals surface area contributed by atoms with E-state index >= 15 is 0 Å².